The number of amides is 3. The third-order valence-electron chi connectivity index (χ3n) is 4.63. The lowest BCUT2D eigenvalue weighted by Crippen LogP contribution is -2.48. The highest BCUT2D eigenvalue weighted by molar-refractivity contribution is 5.95. The van der Waals surface area contributed by atoms with Gasteiger partial charge in [-0.05, 0) is 17.7 Å². The second-order valence-corrected chi connectivity index (χ2v) is 6.62. The molecule has 3 rings (SSSR count). The van der Waals surface area contributed by atoms with Gasteiger partial charge in [-0.1, -0.05) is 30.3 Å². The van der Waals surface area contributed by atoms with Crippen molar-refractivity contribution in [3.05, 3.63) is 54.1 Å². The van der Waals surface area contributed by atoms with E-state index in [4.69, 9.17) is 9.47 Å². The first-order chi connectivity index (χ1) is 15.0. The van der Waals surface area contributed by atoms with Crippen LogP contribution < -0.4 is 20.1 Å². The van der Waals surface area contributed by atoms with Crippen LogP contribution >= 0.6 is 0 Å². The van der Waals surface area contributed by atoms with E-state index in [0.29, 0.717) is 37.6 Å². The maximum atomic E-state index is 13.1. The first-order valence-electron chi connectivity index (χ1n) is 9.60. The Bertz CT molecular complexity index is 892. The highest BCUT2D eigenvalue weighted by Gasteiger charge is 2.29. The molecule has 0 aromatic heterocycles. The van der Waals surface area contributed by atoms with E-state index in [1.54, 1.807) is 35.2 Å². The lowest BCUT2D eigenvalue weighted by molar-refractivity contribution is -0.137. The van der Waals surface area contributed by atoms with Gasteiger partial charge < -0.3 is 29.7 Å². The van der Waals surface area contributed by atoms with E-state index in [-0.39, 0.29) is 17.3 Å². The molecule has 3 amide bonds. The number of nitrogens with one attached hydrogen (secondary N) is 2. The lowest BCUT2D eigenvalue weighted by Gasteiger charge is -2.31. The fourth-order valence-electron chi connectivity index (χ4n) is 3.12. The Hall–Kier alpha value is -3.40. The van der Waals surface area contributed by atoms with Crippen LogP contribution in [-0.2, 0) is 9.53 Å². The number of nitrogens with zero attached hydrogens (tertiary/aromatic N) is 1. The Labute approximate surface area is 178 Å². The molecule has 2 aromatic rings. The van der Waals surface area contributed by atoms with Crippen molar-refractivity contribution in [3.63, 3.8) is 0 Å². The topological polar surface area (TPSA) is 89.1 Å². The van der Waals surface area contributed by atoms with Crippen molar-refractivity contribution in [2.45, 2.75) is 12.7 Å². The van der Waals surface area contributed by atoms with E-state index in [1.165, 1.54) is 25.3 Å². The summed E-state index contributed by atoms with van der Waals surface area (Å²) in [7, 11) is 1.40. The monoisotopic (exact) mass is 435 g/mol. The first kappa shape index (κ1) is 22.3. The quantitative estimate of drug-likeness (QED) is 0.698. The van der Waals surface area contributed by atoms with E-state index >= 15 is 0 Å². The highest BCUT2D eigenvalue weighted by Crippen LogP contribution is 2.30. The van der Waals surface area contributed by atoms with Crippen molar-refractivity contribution in [2.24, 2.45) is 0 Å². The van der Waals surface area contributed by atoms with Gasteiger partial charge in [0, 0.05) is 19.2 Å². The second kappa shape index (κ2) is 10.6. The van der Waals surface area contributed by atoms with Crippen LogP contribution in [0.4, 0.5) is 19.3 Å². The number of anilines is 1. The third kappa shape index (κ3) is 6.05. The minimum atomic E-state index is -3.07. The number of methoxy groups -OCH3 is 1. The van der Waals surface area contributed by atoms with Gasteiger partial charge in [0.05, 0.1) is 26.0 Å². The molecule has 8 nitrogen and oxygen atoms in total. The highest BCUT2D eigenvalue weighted by atomic mass is 19.3. The SMILES string of the molecule is COc1ccc(OC(F)F)c(NC(=O)N[C@@H](C(=O)N2CCOCC2)c2ccccc2)c1. The summed E-state index contributed by atoms with van der Waals surface area (Å²) in [6.07, 6.45) is 0. The van der Waals surface area contributed by atoms with Gasteiger partial charge in [-0.15, -0.1) is 0 Å². The molecule has 1 aliphatic heterocycles. The Morgan fingerprint density at radius 1 is 1.10 bits per heavy atom. The number of hydrogen-bond donors (Lipinski definition) is 2. The fourth-order valence-corrected chi connectivity index (χ4v) is 3.12. The zero-order valence-electron chi connectivity index (χ0n) is 16.8. The normalized spacial score (nSPS) is 14.6. The van der Waals surface area contributed by atoms with E-state index < -0.39 is 18.7 Å². The molecular weight excluding hydrogens is 412 g/mol. The molecule has 10 heteroatoms. The summed E-state index contributed by atoms with van der Waals surface area (Å²) in [6.45, 7) is -1.42. The average molecular weight is 435 g/mol. The van der Waals surface area contributed by atoms with Gasteiger partial charge in [0.2, 0.25) is 5.91 Å². The zero-order chi connectivity index (χ0) is 22.2. The zero-order valence-corrected chi connectivity index (χ0v) is 16.8. The molecule has 0 saturated carbocycles. The molecule has 1 fully saturated rings. The van der Waals surface area contributed by atoms with E-state index in [2.05, 4.69) is 15.4 Å². The van der Waals surface area contributed by atoms with Crippen molar-refractivity contribution in [3.8, 4) is 11.5 Å². The third-order valence-corrected chi connectivity index (χ3v) is 4.63. The number of rotatable bonds is 7. The minimum Gasteiger partial charge on any atom is -0.497 e. The van der Waals surface area contributed by atoms with E-state index in [9.17, 15) is 18.4 Å². The molecule has 0 bridgehead atoms. The van der Waals surface area contributed by atoms with Crippen molar-refractivity contribution in [1.82, 2.24) is 10.2 Å². The van der Waals surface area contributed by atoms with Crippen molar-refractivity contribution in [1.29, 1.82) is 0 Å². The van der Waals surface area contributed by atoms with Crippen LogP contribution in [0.2, 0.25) is 0 Å². The summed E-state index contributed by atoms with van der Waals surface area (Å²) in [4.78, 5) is 27.4. The number of alkyl halides is 2. The smallest absolute Gasteiger partial charge is 0.387 e. The molecule has 166 valence electrons. The summed E-state index contributed by atoms with van der Waals surface area (Å²) < 4.78 is 40.3. The minimum absolute atomic E-state index is 0.0252. The maximum absolute atomic E-state index is 13.1. The predicted octanol–water partition coefficient (Wildman–Crippen LogP) is 3.02. The number of ether oxygens (including phenoxy) is 3. The van der Waals surface area contributed by atoms with Crippen LogP contribution in [0.1, 0.15) is 11.6 Å². The molecular formula is C21H23F2N3O5. The van der Waals surface area contributed by atoms with Crippen LogP contribution in [-0.4, -0.2) is 56.9 Å². The van der Waals surface area contributed by atoms with Crippen LogP contribution in [0, 0.1) is 0 Å². The molecule has 1 atom stereocenters. The van der Waals surface area contributed by atoms with Crippen LogP contribution in [0.25, 0.3) is 0 Å². The standard InChI is InChI=1S/C21H23F2N3O5/c1-29-15-7-8-17(31-20(22)23)16(13-15)24-21(28)25-18(14-5-3-2-4-6-14)19(27)26-9-11-30-12-10-26/h2-8,13,18,20H,9-12H2,1H3,(H2,24,25,28)/t18-/m1/s1. The summed E-state index contributed by atoms with van der Waals surface area (Å²) in [5, 5.41) is 5.10. The van der Waals surface area contributed by atoms with Gasteiger partial charge in [-0.3, -0.25) is 4.79 Å². The van der Waals surface area contributed by atoms with Gasteiger partial charge in [0.25, 0.3) is 0 Å². The number of carbonyl (C=O) groups is 2. The second-order valence-electron chi connectivity index (χ2n) is 6.62. The van der Waals surface area contributed by atoms with Gasteiger partial charge in [0.15, 0.2) is 0 Å². The Balaban J connectivity index is 1.80. The summed E-state index contributed by atoms with van der Waals surface area (Å²) in [5.74, 6) is -0.193. The number of hydrogen-bond acceptors (Lipinski definition) is 5. The van der Waals surface area contributed by atoms with Crippen LogP contribution in [0.5, 0.6) is 11.5 Å². The number of carbonyl (C=O) groups excluding carboxylic acids is 2. The van der Waals surface area contributed by atoms with E-state index in [1.807, 2.05) is 0 Å². The van der Waals surface area contributed by atoms with Gasteiger partial charge in [-0.2, -0.15) is 8.78 Å². The number of urea groups is 1. The number of benzene rings is 2. The molecule has 0 radical (unpaired) electrons. The largest absolute Gasteiger partial charge is 0.497 e. The Morgan fingerprint density at radius 3 is 2.45 bits per heavy atom. The molecule has 31 heavy (non-hydrogen) atoms. The van der Waals surface area contributed by atoms with Gasteiger partial charge >= 0.3 is 12.6 Å². The summed E-state index contributed by atoms with van der Waals surface area (Å²) in [5.41, 5.74) is 0.562. The van der Waals surface area contributed by atoms with Crippen LogP contribution in [0.3, 0.4) is 0 Å². The Kier molecular flexibility index (Phi) is 7.60. The Morgan fingerprint density at radius 2 is 1.81 bits per heavy atom. The summed E-state index contributed by atoms with van der Waals surface area (Å²) >= 11 is 0. The van der Waals surface area contributed by atoms with Crippen LogP contribution in [0.15, 0.2) is 48.5 Å². The van der Waals surface area contributed by atoms with Crippen molar-refractivity contribution < 1.29 is 32.6 Å². The number of halogens is 2. The average Bonchev–Trinajstić information content (AvgIpc) is 2.79. The lowest BCUT2D eigenvalue weighted by atomic mass is 10.1. The van der Waals surface area contributed by atoms with Crippen molar-refractivity contribution >= 4 is 17.6 Å². The molecule has 0 unspecified atom stereocenters. The van der Waals surface area contributed by atoms with Gasteiger partial charge in [0.1, 0.15) is 17.5 Å². The molecule has 1 aliphatic rings. The summed E-state index contributed by atoms with van der Waals surface area (Å²) in [6, 6.07) is 11.1. The predicted molar refractivity (Wildman–Crippen MR) is 108 cm³/mol. The molecule has 0 aliphatic carbocycles. The van der Waals surface area contributed by atoms with Crippen molar-refractivity contribution in [2.75, 3.05) is 38.7 Å². The van der Waals surface area contributed by atoms with Gasteiger partial charge in [-0.25, -0.2) is 4.79 Å². The first-order valence-corrected chi connectivity index (χ1v) is 9.60. The molecule has 0 spiro atoms. The maximum Gasteiger partial charge on any atom is 0.387 e. The molecule has 2 aromatic carbocycles. The fraction of sp³-hybridized carbons (Fsp3) is 0.333. The molecule has 2 N–H and O–H groups in total. The van der Waals surface area contributed by atoms with E-state index in [0.717, 1.165) is 0 Å². The number of morpholine rings is 1. The molecule has 1 saturated heterocycles. The molecule has 1 heterocycles.